The predicted molar refractivity (Wildman–Crippen MR) is 94.7 cm³/mol. The molecule has 1 saturated carbocycles. The smallest absolute Gasteiger partial charge is 0.136 e. The molecule has 0 bridgehead atoms. The fraction of sp³-hybridized carbons (Fsp3) is 0.158. The average molecular weight is 318 g/mol. The van der Waals surface area contributed by atoms with Crippen molar-refractivity contribution in [3.8, 4) is 11.5 Å². The lowest BCUT2D eigenvalue weighted by molar-refractivity contribution is 0.483. The number of aromatic nitrogens is 2. The zero-order chi connectivity index (χ0) is 16.4. The maximum Gasteiger partial charge on any atom is 0.136 e. The minimum absolute atomic E-state index is 0.468. The lowest BCUT2D eigenvalue weighted by Gasteiger charge is -2.09. The zero-order valence-corrected chi connectivity index (χ0v) is 13.1. The first-order valence-corrected chi connectivity index (χ1v) is 8.01. The highest BCUT2D eigenvalue weighted by atomic mass is 16.5. The maximum atomic E-state index is 5.88. The molecule has 120 valence electrons. The molecule has 0 atom stereocenters. The predicted octanol–water partition coefficient (Wildman–Crippen LogP) is 4.47. The summed E-state index contributed by atoms with van der Waals surface area (Å²) in [6.07, 6.45) is 2.29. The summed E-state index contributed by atoms with van der Waals surface area (Å²) >= 11 is 0. The first-order chi connectivity index (χ1) is 11.8. The van der Waals surface area contributed by atoms with Gasteiger partial charge in [-0.2, -0.15) is 0 Å². The largest absolute Gasteiger partial charge is 0.457 e. The van der Waals surface area contributed by atoms with Crippen LogP contribution in [0.1, 0.15) is 24.6 Å². The van der Waals surface area contributed by atoms with Gasteiger partial charge in [-0.05, 0) is 49.2 Å². The number of benzene rings is 2. The summed E-state index contributed by atoms with van der Waals surface area (Å²) in [5.41, 5.74) is 6.80. The van der Waals surface area contributed by atoms with E-state index in [1.165, 1.54) is 0 Å². The highest BCUT2D eigenvalue weighted by Gasteiger charge is 2.27. The van der Waals surface area contributed by atoms with E-state index in [0.717, 1.165) is 41.7 Å². The van der Waals surface area contributed by atoms with Crippen LogP contribution in [0.15, 0.2) is 60.7 Å². The van der Waals surface area contributed by atoms with Crippen molar-refractivity contribution in [1.82, 2.24) is 9.97 Å². The fourth-order valence-electron chi connectivity index (χ4n) is 2.45. The first kappa shape index (κ1) is 14.5. The Morgan fingerprint density at radius 1 is 0.917 bits per heavy atom. The molecule has 24 heavy (non-hydrogen) atoms. The third-order valence-electron chi connectivity index (χ3n) is 3.81. The van der Waals surface area contributed by atoms with Gasteiger partial charge in [0.2, 0.25) is 0 Å². The number of rotatable bonds is 5. The number of ether oxygens (including phenoxy) is 1. The molecule has 0 amide bonds. The van der Waals surface area contributed by atoms with E-state index in [2.05, 4.69) is 15.3 Å². The number of nitrogens with zero attached hydrogens (tertiary/aromatic N) is 2. The number of para-hydroxylation sites is 1. The summed E-state index contributed by atoms with van der Waals surface area (Å²) < 4.78 is 5.79. The molecule has 0 radical (unpaired) electrons. The molecular weight excluding hydrogens is 300 g/mol. The Morgan fingerprint density at radius 3 is 2.33 bits per heavy atom. The van der Waals surface area contributed by atoms with Gasteiger partial charge in [0, 0.05) is 17.7 Å². The minimum Gasteiger partial charge on any atom is -0.457 e. The van der Waals surface area contributed by atoms with Crippen molar-refractivity contribution < 1.29 is 4.74 Å². The van der Waals surface area contributed by atoms with Crippen molar-refractivity contribution in [2.45, 2.75) is 18.8 Å². The van der Waals surface area contributed by atoms with E-state index in [1.54, 1.807) is 6.07 Å². The monoisotopic (exact) mass is 318 g/mol. The van der Waals surface area contributed by atoms with Crippen molar-refractivity contribution in [2.75, 3.05) is 11.1 Å². The molecule has 0 saturated heterocycles. The third kappa shape index (κ3) is 3.46. The van der Waals surface area contributed by atoms with Crippen LogP contribution in [-0.2, 0) is 0 Å². The Bertz CT molecular complexity index is 830. The fourth-order valence-corrected chi connectivity index (χ4v) is 2.45. The summed E-state index contributed by atoms with van der Waals surface area (Å²) in [7, 11) is 0. The quantitative estimate of drug-likeness (QED) is 0.726. The molecule has 0 aliphatic heterocycles. The van der Waals surface area contributed by atoms with Crippen molar-refractivity contribution in [3.05, 3.63) is 66.5 Å². The summed E-state index contributed by atoms with van der Waals surface area (Å²) in [5, 5.41) is 3.27. The highest BCUT2D eigenvalue weighted by molar-refractivity contribution is 5.59. The van der Waals surface area contributed by atoms with E-state index >= 15 is 0 Å². The van der Waals surface area contributed by atoms with Crippen LogP contribution in [0, 0.1) is 0 Å². The molecular formula is C19H18N4O. The standard InChI is InChI=1S/C19H18N4O/c20-17-12-18(23-19(22-17)13-6-7-13)21-14-8-10-16(11-9-14)24-15-4-2-1-3-5-15/h1-5,8-13H,6-7H2,(H3,20,21,22,23). The Morgan fingerprint density at radius 2 is 1.62 bits per heavy atom. The van der Waals surface area contributed by atoms with Crippen molar-refractivity contribution in [2.24, 2.45) is 0 Å². The van der Waals surface area contributed by atoms with Gasteiger partial charge in [0.1, 0.15) is 29.0 Å². The van der Waals surface area contributed by atoms with E-state index in [0.29, 0.717) is 11.7 Å². The van der Waals surface area contributed by atoms with Gasteiger partial charge >= 0.3 is 0 Å². The number of hydrogen-bond donors (Lipinski definition) is 2. The minimum atomic E-state index is 0.468. The lowest BCUT2D eigenvalue weighted by Crippen LogP contribution is -2.02. The van der Waals surface area contributed by atoms with E-state index in [-0.39, 0.29) is 0 Å². The van der Waals surface area contributed by atoms with Gasteiger partial charge in [-0.3, -0.25) is 0 Å². The molecule has 1 fully saturated rings. The summed E-state index contributed by atoms with van der Waals surface area (Å²) in [4.78, 5) is 8.85. The van der Waals surface area contributed by atoms with Crippen LogP contribution in [0.4, 0.5) is 17.3 Å². The van der Waals surface area contributed by atoms with Crippen molar-refractivity contribution in [1.29, 1.82) is 0 Å². The molecule has 4 rings (SSSR count). The Hall–Kier alpha value is -3.08. The second-order valence-electron chi connectivity index (χ2n) is 5.88. The molecule has 1 aromatic heterocycles. The van der Waals surface area contributed by atoms with Crippen LogP contribution in [0.2, 0.25) is 0 Å². The van der Waals surface area contributed by atoms with Gasteiger partial charge in [-0.15, -0.1) is 0 Å². The molecule has 3 aromatic rings. The number of anilines is 3. The number of nitrogen functional groups attached to an aromatic ring is 1. The average Bonchev–Trinajstić information content (AvgIpc) is 3.42. The molecule has 5 nitrogen and oxygen atoms in total. The SMILES string of the molecule is Nc1cc(Nc2ccc(Oc3ccccc3)cc2)nc(C2CC2)n1. The first-order valence-electron chi connectivity index (χ1n) is 8.01. The molecule has 0 unspecified atom stereocenters. The summed E-state index contributed by atoms with van der Waals surface area (Å²) in [6.45, 7) is 0. The highest BCUT2D eigenvalue weighted by Crippen LogP contribution is 2.38. The third-order valence-corrected chi connectivity index (χ3v) is 3.81. The normalized spacial score (nSPS) is 13.5. The van der Waals surface area contributed by atoms with E-state index < -0.39 is 0 Å². The summed E-state index contributed by atoms with van der Waals surface area (Å²) in [6, 6.07) is 19.2. The Balaban J connectivity index is 1.47. The molecule has 0 spiro atoms. The molecule has 1 aliphatic rings. The number of nitrogens with one attached hydrogen (secondary N) is 1. The molecule has 2 aromatic carbocycles. The summed E-state index contributed by atoms with van der Waals surface area (Å²) in [5.74, 6) is 4.13. The van der Waals surface area contributed by atoms with Gasteiger partial charge in [-0.1, -0.05) is 18.2 Å². The van der Waals surface area contributed by atoms with Crippen LogP contribution in [-0.4, -0.2) is 9.97 Å². The number of hydrogen-bond acceptors (Lipinski definition) is 5. The lowest BCUT2D eigenvalue weighted by atomic mass is 10.3. The van der Waals surface area contributed by atoms with E-state index in [4.69, 9.17) is 10.5 Å². The van der Waals surface area contributed by atoms with Crippen LogP contribution in [0.5, 0.6) is 11.5 Å². The van der Waals surface area contributed by atoms with Crippen LogP contribution >= 0.6 is 0 Å². The van der Waals surface area contributed by atoms with Crippen LogP contribution < -0.4 is 15.8 Å². The second-order valence-corrected chi connectivity index (χ2v) is 5.88. The maximum absolute atomic E-state index is 5.88. The van der Waals surface area contributed by atoms with E-state index in [9.17, 15) is 0 Å². The van der Waals surface area contributed by atoms with Crippen molar-refractivity contribution in [3.63, 3.8) is 0 Å². The van der Waals surface area contributed by atoms with Gasteiger partial charge in [0.05, 0.1) is 0 Å². The van der Waals surface area contributed by atoms with E-state index in [1.807, 2.05) is 54.6 Å². The second kappa shape index (κ2) is 6.20. The van der Waals surface area contributed by atoms with Gasteiger partial charge in [0.25, 0.3) is 0 Å². The molecule has 3 N–H and O–H groups in total. The van der Waals surface area contributed by atoms with Crippen LogP contribution in [0.25, 0.3) is 0 Å². The van der Waals surface area contributed by atoms with Gasteiger partial charge < -0.3 is 15.8 Å². The zero-order valence-electron chi connectivity index (χ0n) is 13.1. The number of nitrogens with two attached hydrogens (primary N) is 1. The topological polar surface area (TPSA) is 73.1 Å². The Kier molecular flexibility index (Phi) is 3.75. The van der Waals surface area contributed by atoms with Gasteiger partial charge in [0.15, 0.2) is 0 Å². The molecule has 1 aliphatic carbocycles. The van der Waals surface area contributed by atoms with Crippen LogP contribution in [0.3, 0.4) is 0 Å². The Labute approximate surface area is 140 Å². The van der Waals surface area contributed by atoms with Gasteiger partial charge in [-0.25, -0.2) is 9.97 Å². The van der Waals surface area contributed by atoms with Crippen molar-refractivity contribution >= 4 is 17.3 Å². The molecule has 1 heterocycles. The molecule has 5 heteroatoms.